The van der Waals surface area contributed by atoms with Crippen molar-refractivity contribution in [2.75, 3.05) is 33.3 Å². The van der Waals surface area contributed by atoms with Gasteiger partial charge in [0.25, 0.3) is 5.91 Å². The average molecular weight is 442 g/mol. The van der Waals surface area contributed by atoms with Gasteiger partial charge in [0.1, 0.15) is 18.1 Å². The van der Waals surface area contributed by atoms with Crippen LogP contribution in [0.1, 0.15) is 71.7 Å². The summed E-state index contributed by atoms with van der Waals surface area (Å²) in [5.74, 6) is 0.186. The van der Waals surface area contributed by atoms with E-state index in [2.05, 4.69) is 12.2 Å². The van der Waals surface area contributed by atoms with Crippen LogP contribution >= 0.6 is 0 Å². The molecule has 6 nitrogen and oxygen atoms in total. The molecule has 32 heavy (non-hydrogen) atoms. The number of aryl methyl sites for hydroxylation is 1. The van der Waals surface area contributed by atoms with E-state index in [1.54, 1.807) is 12.1 Å². The molecular formula is C26H35NO5. The van der Waals surface area contributed by atoms with Crippen molar-refractivity contribution in [2.45, 2.75) is 51.9 Å². The highest BCUT2D eigenvalue weighted by molar-refractivity contribution is 6.11. The third kappa shape index (κ3) is 7.38. The number of hydrogen-bond donors (Lipinski definition) is 1. The maximum absolute atomic E-state index is 12.9. The largest absolute Gasteiger partial charge is 0.497 e. The fraction of sp³-hybridized carbons (Fsp3) is 0.462. The molecule has 6 heteroatoms. The van der Waals surface area contributed by atoms with Gasteiger partial charge in [-0.1, -0.05) is 51.2 Å². The van der Waals surface area contributed by atoms with Crippen LogP contribution in [0.3, 0.4) is 0 Å². The van der Waals surface area contributed by atoms with Gasteiger partial charge in [-0.15, -0.1) is 0 Å². The molecule has 174 valence electrons. The van der Waals surface area contributed by atoms with E-state index in [-0.39, 0.29) is 23.9 Å². The van der Waals surface area contributed by atoms with E-state index in [1.165, 1.54) is 59.0 Å². The third-order valence-corrected chi connectivity index (χ3v) is 5.37. The first-order chi connectivity index (χ1) is 15.5. The molecule has 0 unspecified atom stereocenters. The zero-order valence-corrected chi connectivity index (χ0v) is 19.7. The molecule has 0 aliphatic carbocycles. The minimum atomic E-state index is -0.308. The summed E-state index contributed by atoms with van der Waals surface area (Å²) in [6.45, 7) is 2.10. The van der Waals surface area contributed by atoms with E-state index < -0.39 is 0 Å². The number of ether oxygens (including phenoxy) is 3. The Bertz CT molecular complexity index is 877. The molecule has 0 heterocycles. The van der Waals surface area contributed by atoms with Crippen LogP contribution in [0.5, 0.6) is 11.5 Å². The maximum Gasteiger partial charge on any atom is 0.255 e. The van der Waals surface area contributed by atoms with Gasteiger partial charge < -0.3 is 19.5 Å². The van der Waals surface area contributed by atoms with Crippen molar-refractivity contribution >= 4 is 17.4 Å². The van der Waals surface area contributed by atoms with Gasteiger partial charge in [-0.25, -0.2) is 0 Å². The Morgan fingerprint density at radius 1 is 0.875 bits per heavy atom. The van der Waals surface area contributed by atoms with Gasteiger partial charge in [-0.2, -0.15) is 0 Å². The molecule has 0 saturated heterocycles. The van der Waals surface area contributed by atoms with Gasteiger partial charge in [0.2, 0.25) is 0 Å². The van der Waals surface area contributed by atoms with E-state index in [9.17, 15) is 9.59 Å². The molecule has 0 aliphatic rings. The summed E-state index contributed by atoms with van der Waals surface area (Å²) in [7, 11) is 4.42. The summed E-state index contributed by atoms with van der Waals surface area (Å²) in [5.41, 5.74) is 2.31. The Morgan fingerprint density at radius 2 is 1.56 bits per heavy atom. The molecule has 0 saturated carbocycles. The van der Waals surface area contributed by atoms with Gasteiger partial charge >= 0.3 is 0 Å². The number of benzene rings is 2. The molecule has 1 amide bonds. The molecule has 0 bridgehead atoms. The molecule has 2 rings (SSSR count). The van der Waals surface area contributed by atoms with Gasteiger partial charge in [-0.3, -0.25) is 9.59 Å². The summed E-state index contributed by atoms with van der Waals surface area (Å²) in [6, 6.07) is 10.8. The molecule has 0 aromatic heterocycles. The van der Waals surface area contributed by atoms with E-state index in [0.717, 1.165) is 12.8 Å². The van der Waals surface area contributed by atoms with Crippen LogP contribution in [0, 0.1) is 0 Å². The summed E-state index contributed by atoms with van der Waals surface area (Å²) in [4.78, 5) is 25.5. The van der Waals surface area contributed by atoms with Crippen molar-refractivity contribution in [1.29, 1.82) is 0 Å². The Hall–Kier alpha value is -2.86. The van der Waals surface area contributed by atoms with Crippen LogP contribution in [-0.2, 0) is 11.2 Å². The highest BCUT2D eigenvalue weighted by atomic mass is 16.5. The second-order valence-corrected chi connectivity index (χ2v) is 7.78. The van der Waals surface area contributed by atoms with Crippen molar-refractivity contribution in [1.82, 2.24) is 0 Å². The monoisotopic (exact) mass is 441 g/mol. The van der Waals surface area contributed by atoms with Crippen molar-refractivity contribution < 1.29 is 23.8 Å². The number of ketones is 1. The van der Waals surface area contributed by atoms with E-state index in [4.69, 9.17) is 14.2 Å². The summed E-state index contributed by atoms with van der Waals surface area (Å²) >= 11 is 0. The summed E-state index contributed by atoms with van der Waals surface area (Å²) in [5, 5.41) is 2.83. The topological polar surface area (TPSA) is 73.9 Å². The Balaban J connectivity index is 2.10. The predicted octanol–water partition coefficient (Wildman–Crippen LogP) is 5.69. The molecule has 0 fully saturated rings. The van der Waals surface area contributed by atoms with Crippen molar-refractivity contribution in [3.8, 4) is 11.5 Å². The highest BCUT2D eigenvalue weighted by Crippen LogP contribution is 2.33. The molecule has 0 aliphatic heterocycles. The van der Waals surface area contributed by atoms with E-state index >= 15 is 0 Å². The van der Waals surface area contributed by atoms with Crippen LogP contribution in [0.25, 0.3) is 0 Å². The highest BCUT2D eigenvalue weighted by Gasteiger charge is 2.21. The van der Waals surface area contributed by atoms with Gasteiger partial charge in [-0.05, 0) is 30.5 Å². The summed E-state index contributed by atoms with van der Waals surface area (Å²) in [6.07, 6.45) is 8.55. The van der Waals surface area contributed by atoms with Crippen LogP contribution < -0.4 is 14.8 Å². The molecule has 0 spiro atoms. The molecule has 0 atom stereocenters. The normalized spacial score (nSPS) is 10.6. The zero-order chi connectivity index (χ0) is 23.3. The number of anilines is 1. The first kappa shape index (κ1) is 25.4. The lowest BCUT2D eigenvalue weighted by atomic mass is 10.0. The lowest BCUT2D eigenvalue weighted by Gasteiger charge is -2.16. The lowest BCUT2D eigenvalue weighted by Crippen LogP contribution is -2.17. The van der Waals surface area contributed by atoms with Gasteiger partial charge in [0.15, 0.2) is 5.78 Å². The Morgan fingerprint density at radius 3 is 2.19 bits per heavy atom. The number of unbranched alkanes of at least 4 members (excludes halogenated alkanes) is 5. The smallest absolute Gasteiger partial charge is 0.255 e. The summed E-state index contributed by atoms with van der Waals surface area (Å²) < 4.78 is 15.6. The average Bonchev–Trinajstić information content (AvgIpc) is 2.81. The molecular weight excluding hydrogens is 406 g/mol. The molecule has 0 radical (unpaired) electrons. The van der Waals surface area contributed by atoms with Crippen molar-refractivity contribution in [2.24, 2.45) is 0 Å². The quantitative estimate of drug-likeness (QED) is 0.301. The number of rotatable bonds is 14. The fourth-order valence-electron chi connectivity index (χ4n) is 3.59. The van der Waals surface area contributed by atoms with Crippen molar-refractivity contribution in [3.63, 3.8) is 0 Å². The molecule has 1 N–H and O–H groups in total. The standard InChI is InChI=1S/C26H35NO5/c1-5-6-7-8-9-10-11-19-12-14-20(15-13-19)26(29)27-22-16-21(31-3)17-24(32-4)25(22)23(28)18-30-2/h12-17H,5-11,18H2,1-4H3,(H,27,29). The zero-order valence-electron chi connectivity index (χ0n) is 19.7. The van der Waals surface area contributed by atoms with Gasteiger partial charge in [0.05, 0.1) is 25.5 Å². The van der Waals surface area contributed by atoms with Crippen LogP contribution in [0.2, 0.25) is 0 Å². The minimum absolute atomic E-state index is 0.126. The van der Waals surface area contributed by atoms with E-state index in [0.29, 0.717) is 22.7 Å². The fourth-order valence-corrected chi connectivity index (χ4v) is 3.59. The van der Waals surface area contributed by atoms with Crippen LogP contribution in [0.15, 0.2) is 36.4 Å². The lowest BCUT2D eigenvalue weighted by molar-refractivity contribution is 0.0846. The SMILES string of the molecule is CCCCCCCCc1ccc(C(=O)Nc2cc(OC)cc(OC)c2C(=O)COC)cc1. The van der Waals surface area contributed by atoms with Crippen LogP contribution in [-0.4, -0.2) is 39.6 Å². The van der Waals surface area contributed by atoms with E-state index in [1.807, 2.05) is 24.3 Å². The number of Topliss-reactive ketones (excluding diaryl/α,β-unsaturated/α-hetero) is 1. The predicted molar refractivity (Wildman–Crippen MR) is 127 cm³/mol. The number of hydrogen-bond acceptors (Lipinski definition) is 5. The number of nitrogens with one attached hydrogen (secondary N) is 1. The number of methoxy groups -OCH3 is 3. The maximum atomic E-state index is 12.9. The molecule has 2 aromatic carbocycles. The minimum Gasteiger partial charge on any atom is -0.497 e. The first-order valence-electron chi connectivity index (χ1n) is 11.2. The Kier molecular flexibility index (Phi) is 10.7. The number of amides is 1. The van der Waals surface area contributed by atoms with Crippen LogP contribution in [0.4, 0.5) is 5.69 Å². The number of carbonyl (C=O) groups excluding carboxylic acids is 2. The second-order valence-electron chi connectivity index (χ2n) is 7.78. The van der Waals surface area contributed by atoms with Gasteiger partial charge in [0, 0.05) is 24.8 Å². The number of carbonyl (C=O) groups is 2. The Labute approximate surface area is 191 Å². The van der Waals surface area contributed by atoms with Crippen molar-refractivity contribution in [3.05, 3.63) is 53.1 Å². The third-order valence-electron chi connectivity index (χ3n) is 5.37. The first-order valence-corrected chi connectivity index (χ1v) is 11.2. The molecule has 2 aromatic rings. The second kappa shape index (κ2) is 13.5.